The molecule has 4 heterocycles. The highest BCUT2D eigenvalue weighted by Gasteiger charge is 2.54. The Kier molecular flexibility index (Phi) is 10.0. The number of thiazole rings is 1. The van der Waals surface area contributed by atoms with E-state index in [2.05, 4.69) is 36.1 Å². The maximum atomic E-state index is 13.2. The number of hydrogen-bond donors (Lipinski definition) is 3. The summed E-state index contributed by atoms with van der Waals surface area (Å²) in [5, 5.41) is 31.6. The standard InChI is InChI=1S/C20H26N9O8PS3/c1-5-36-38(34,37-6-2)25-19-21-11(9-40-19)12(24-35-4)15(30)22-13-16(31)29-14(18(32)33)10(7-39-17(13)29)8-41-20-23-26-27-28(20)3/h9,13,17H,5-8H2,1-4H3,(H,22,30)(H,32,33)(H,21,25,34)/t13-,17-/m1/s1. The van der Waals surface area contributed by atoms with Gasteiger partial charge >= 0.3 is 13.7 Å². The number of aryl methyl sites for hydroxylation is 1. The van der Waals surface area contributed by atoms with Crippen molar-refractivity contribution in [2.75, 3.05) is 36.9 Å². The molecule has 2 amide bonds. The monoisotopic (exact) mass is 647 g/mol. The highest BCUT2D eigenvalue weighted by Crippen LogP contribution is 2.48. The van der Waals surface area contributed by atoms with Crippen molar-refractivity contribution >= 4 is 71.2 Å². The van der Waals surface area contributed by atoms with E-state index < -0.39 is 36.9 Å². The number of carboxylic acid groups (broad SMARTS) is 1. The number of aliphatic carboxylic acids is 1. The molecule has 0 aliphatic carbocycles. The number of amides is 2. The molecule has 41 heavy (non-hydrogen) atoms. The lowest BCUT2D eigenvalue weighted by Crippen LogP contribution is -2.71. The number of rotatable bonds is 14. The van der Waals surface area contributed by atoms with E-state index in [-0.39, 0.29) is 41.2 Å². The van der Waals surface area contributed by atoms with Crippen LogP contribution in [-0.4, -0.2) is 102 Å². The van der Waals surface area contributed by atoms with Crippen LogP contribution in [0.3, 0.4) is 0 Å². The van der Waals surface area contributed by atoms with E-state index in [1.54, 1.807) is 20.9 Å². The van der Waals surface area contributed by atoms with Crippen LogP contribution >= 0.6 is 42.6 Å². The van der Waals surface area contributed by atoms with Crippen molar-refractivity contribution in [1.82, 2.24) is 35.4 Å². The number of tetrazole rings is 1. The van der Waals surface area contributed by atoms with Crippen LogP contribution in [0.15, 0.2) is 27.0 Å². The number of anilines is 1. The molecule has 2 atom stereocenters. The number of aromatic nitrogens is 5. The summed E-state index contributed by atoms with van der Waals surface area (Å²) >= 11 is 3.60. The minimum atomic E-state index is -3.67. The number of nitrogens with one attached hydrogen (secondary N) is 2. The number of carbonyl (C=O) groups is 3. The van der Waals surface area contributed by atoms with Gasteiger partial charge in [-0.25, -0.2) is 19.0 Å². The molecule has 1 saturated heterocycles. The first-order chi connectivity index (χ1) is 19.6. The van der Waals surface area contributed by atoms with Crippen LogP contribution in [0.25, 0.3) is 0 Å². The van der Waals surface area contributed by atoms with Crippen molar-refractivity contribution in [2.45, 2.75) is 30.4 Å². The molecule has 4 rings (SSSR count). The molecule has 2 aliphatic rings. The second kappa shape index (κ2) is 13.3. The zero-order valence-electron chi connectivity index (χ0n) is 22.2. The number of oxime groups is 1. The number of thioether (sulfide) groups is 2. The minimum absolute atomic E-state index is 0.0834. The zero-order valence-corrected chi connectivity index (χ0v) is 25.5. The van der Waals surface area contributed by atoms with Gasteiger partial charge in [-0.15, -0.1) is 28.2 Å². The Balaban J connectivity index is 1.46. The fourth-order valence-corrected chi connectivity index (χ4v) is 8.38. The lowest BCUT2D eigenvalue weighted by Gasteiger charge is -2.49. The summed E-state index contributed by atoms with van der Waals surface area (Å²) < 4.78 is 24.6. The topological polar surface area (TPSA) is 212 Å². The van der Waals surface area contributed by atoms with E-state index in [0.717, 1.165) is 11.3 Å². The molecule has 3 N–H and O–H groups in total. The molecule has 0 radical (unpaired) electrons. The van der Waals surface area contributed by atoms with Gasteiger partial charge in [-0.1, -0.05) is 16.9 Å². The molecule has 0 spiro atoms. The first kappa shape index (κ1) is 30.9. The highest BCUT2D eigenvalue weighted by atomic mass is 32.2. The van der Waals surface area contributed by atoms with E-state index in [0.29, 0.717) is 16.5 Å². The van der Waals surface area contributed by atoms with Crippen LogP contribution in [0, 0.1) is 0 Å². The van der Waals surface area contributed by atoms with E-state index in [1.807, 2.05) is 0 Å². The Morgan fingerprint density at radius 3 is 2.66 bits per heavy atom. The predicted octanol–water partition coefficient (Wildman–Crippen LogP) is 1.14. The van der Waals surface area contributed by atoms with Gasteiger partial charge in [0.15, 0.2) is 10.8 Å². The number of nitrogens with zero attached hydrogens (tertiary/aromatic N) is 7. The SMILES string of the molecule is CCOP(=O)(Nc1nc(C(=NOC)C(=O)N[C@@H]2C(=O)N3C(C(=O)O)=C(CSc4nnnn4C)CS[C@H]23)cs1)OCC. The van der Waals surface area contributed by atoms with Crippen molar-refractivity contribution in [3.8, 4) is 0 Å². The Labute approximate surface area is 246 Å². The van der Waals surface area contributed by atoms with E-state index in [4.69, 9.17) is 13.9 Å². The van der Waals surface area contributed by atoms with Gasteiger partial charge in [0.1, 0.15) is 29.9 Å². The van der Waals surface area contributed by atoms with Gasteiger partial charge in [0.05, 0.1) is 13.2 Å². The molecule has 2 aliphatic heterocycles. The first-order valence-electron chi connectivity index (χ1n) is 11.9. The number of fused-ring (bicyclic) bond motifs is 1. The lowest BCUT2D eigenvalue weighted by atomic mass is 10.0. The average molecular weight is 648 g/mol. The number of β-lactam (4-membered cyclic amide) rings is 1. The van der Waals surface area contributed by atoms with Crippen molar-refractivity contribution in [2.24, 2.45) is 12.2 Å². The summed E-state index contributed by atoms with van der Waals surface area (Å²) in [5.74, 6) is -2.01. The Bertz CT molecular complexity index is 1420. The van der Waals surface area contributed by atoms with Crippen LogP contribution in [0.1, 0.15) is 19.5 Å². The van der Waals surface area contributed by atoms with Gasteiger partial charge in [0.25, 0.3) is 11.8 Å². The summed E-state index contributed by atoms with van der Waals surface area (Å²) in [6, 6.07) is -1.01. The third-order valence-electron chi connectivity index (χ3n) is 5.47. The largest absolute Gasteiger partial charge is 0.477 e. The Morgan fingerprint density at radius 1 is 1.32 bits per heavy atom. The molecule has 21 heteroatoms. The average Bonchev–Trinajstić information content (AvgIpc) is 3.56. The molecular formula is C20H26N9O8PS3. The van der Waals surface area contributed by atoms with E-state index >= 15 is 0 Å². The molecule has 0 saturated carbocycles. The summed E-state index contributed by atoms with van der Waals surface area (Å²) in [5.41, 5.74) is 0.251. The Morgan fingerprint density at radius 2 is 2.05 bits per heavy atom. The molecule has 0 bridgehead atoms. The molecular weight excluding hydrogens is 621 g/mol. The predicted molar refractivity (Wildman–Crippen MR) is 149 cm³/mol. The normalized spacial score (nSPS) is 19.1. The summed E-state index contributed by atoms with van der Waals surface area (Å²) in [7, 11) is -0.768. The van der Waals surface area contributed by atoms with Gasteiger partial charge in [-0.05, 0) is 29.8 Å². The maximum absolute atomic E-state index is 13.2. The third kappa shape index (κ3) is 6.73. The van der Waals surface area contributed by atoms with Crippen LogP contribution < -0.4 is 10.4 Å². The summed E-state index contributed by atoms with van der Waals surface area (Å²) in [6.45, 7) is 3.58. The van der Waals surface area contributed by atoms with E-state index in [1.165, 1.54) is 45.6 Å². The third-order valence-corrected chi connectivity index (χ3v) is 10.5. The maximum Gasteiger partial charge on any atom is 0.434 e. The fraction of sp³-hybridized carbons (Fsp3) is 0.500. The van der Waals surface area contributed by atoms with E-state index in [9.17, 15) is 24.1 Å². The van der Waals surface area contributed by atoms with Crippen molar-refractivity contribution in [1.29, 1.82) is 0 Å². The van der Waals surface area contributed by atoms with Gasteiger partial charge in [-0.2, -0.15) is 0 Å². The quantitative estimate of drug-likeness (QED) is 0.0862. The summed E-state index contributed by atoms with van der Waals surface area (Å²) in [6.07, 6.45) is 0. The zero-order chi connectivity index (χ0) is 29.7. The number of hydrogen-bond acceptors (Lipinski definition) is 15. The van der Waals surface area contributed by atoms with Crippen molar-refractivity contribution in [3.63, 3.8) is 0 Å². The first-order valence-corrected chi connectivity index (χ1v) is 16.4. The number of carbonyl (C=O) groups excluding carboxylic acids is 2. The van der Waals surface area contributed by atoms with Crippen molar-refractivity contribution in [3.05, 3.63) is 22.3 Å². The number of carboxylic acids is 1. The fourth-order valence-electron chi connectivity index (χ4n) is 3.79. The molecule has 0 unspecified atom stereocenters. The molecule has 222 valence electrons. The highest BCUT2D eigenvalue weighted by molar-refractivity contribution is 8.01. The van der Waals surface area contributed by atoms with Crippen LogP contribution in [0.4, 0.5) is 5.13 Å². The second-order valence-corrected chi connectivity index (χ2v) is 12.7. The summed E-state index contributed by atoms with van der Waals surface area (Å²) in [4.78, 5) is 48.6. The molecule has 2 aromatic heterocycles. The second-order valence-electron chi connectivity index (χ2n) is 8.10. The molecule has 0 aromatic carbocycles. The Hall–Kier alpha value is -3.03. The van der Waals surface area contributed by atoms with Crippen molar-refractivity contribution < 1.29 is 37.9 Å². The smallest absolute Gasteiger partial charge is 0.434 e. The molecule has 2 aromatic rings. The minimum Gasteiger partial charge on any atom is -0.477 e. The van der Waals surface area contributed by atoms with Crippen LogP contribution in [0.2, 0.25) is 0 Å². The molecule has 17 nitrogen and oxygen atoms in total. The van der Waals surface area contributed by atoms with Gasteiger partial charge < -0.3 is 15.3 Å². The van der Waals surface area contributed by atoms with Gasteiger partial charge in [-0.3, -0.25) is 28.6 Å². The van der Waals surface area contributed by atoms with Gasteiger partial charge in [0.2, 0.25) is 5.16 Å². The van der Waals surface area contributed by atoms with Crippen LogP contribution in [0.5, 0.6) is 0 Å². The van der Waals surface area contributed by atoms with Crippen LogP contribution in [-0.2, 0) is 39.9 Å². The molecule has 1 fully saturated rings. The van der Waals surface area contributed by atoms with Gasteiger partial charge in [0, 0.05) is 23.9 Å². The lowest BCUT2D eigenvalue weighted by molar-refractivity contribution is -0.150.